The fourth-order valence-corrected chi connectivity index (χ4v) is 2.25. The number of hydrogen-bond acceptors (Lipinski definition) is 2. The second kappa shape index (κ2) is 5.54. The number of carbonyl (C=O) groups excluding carboxylic acids is 1. The average Bonchev–Trinajstić information content (AvgIpc) is 2.26. The number of amides is 1. The summed E-state index contributed by atoms with van der Waals surface area (Å²) in [5.41, 5.74) is -1.93. The van der Waals surface area contributed by atoms with Gasteiger partial charge in [0.1, 0.15) is 0 Å². The van der Waals surface area contributed by atoms with Crippen LogP contribution >= 0.6 is 0 Å². The van der Waals surface area contributed by atoms with Gasteiger partial charge in [-0.25, -0.2) is 0 Å². The quantitative estimate of drug-likeness (QED) is 0.841. The van der Waals surface area contributed by atoms with Gasteiger partial charge < -0.3 is 10.4 Å². The van der Waals surface area contributed by atoms with E-state index in [0.29, 0.717) is 0 Å². The van der Waals surface area contributed by atoms with E-state index in [0.717, 1.165) is 0 Å². The highest BCUT2D eigenvalue weighted by Crippen LogP contribution is 2.39. The molecule has 0 radical (unpaired) electrons. The van der Waals surface area contributed by atoms with Crippen LogP contribution in [0.1, 0.15) is 53.4 Å². The molecule has 0 aliphatic heterocycles. The van der Waals surface area contributed by atoms with Crippen LogP contribution in [0.2, 0.25) is 0 Å². The van der Waals surface area contributed by atoms with E-state index in [9.17, 15) is 23.1 Å². The van der Waals surface area contributed by atoms with Gasteiger partial charge in [0, 0.05) is 5.92 Å². The molecule has 0 aromatic carbocycles. The molecule has 1 aliphatic rings. The van der Waals surface area contributed by atoms with Crippen LogP contribution in [-0.2, 0) is 4.79 Å². The highest BCUT2D eigenvalue weighted by Gasteiger charge is 2.43. The highest BCUT2D eigenvalue weighted by atomic mass is 19.4. The zero-order chi connectivity index (χ0) is 15.8. The van der Waals surface area contributed by atoms with Crippen molar-refractivity contribution in [1.82, 2.24) is 5.32 Å². The molecule has 3 nitrogen and oxygen atoms in total. The van der Waals surface area contributed by atoms with Crippen molar-refractivity contribution in [3.05, 3.63) is 0 Å². The molecule has 20 heavy (non-hydrogen) atoms. The van der Waals surface area contributed by atoms with Crippen molar-refractivity contribution in [2.45, 2.75) is 70.7 Å². The van der Waals surface area contributed by atoms with Crippen LogP contribution in [-0.4, -0.2) is 28.3 Å². The summed E-state index contributed by atoms with van der Waals surface area (Å²) >= 11 is 0. The molecule has 0 atom stereocenters. The molecular formula is C14H24F3NO2. The zero-order valence-corrected chi connectivity index (χ0v) is 12.5. The Morgan fingerprint density at radius 3 is 1.85 bits per heavy atom. The minimum absolute atomic E-state index is 0.00450. The molecule has 118 valence electrons. The Labute approximate surface area is 117 Å². The number of alkyl halides is 3. The number of rotatable bonds is 3. The summed E-state index contributed by atoms with van der Waals surface area (Å²) in [6, 6.07) is 0. The van der Waals surface area contributed by atoms with Gasteiger partial charge in [0.2, 0.25) is 5.91 Å². The van der Waals surface area contributed by atoms with E-state index < -0.39 is 29.2 Å². The first-order chi connectivity index (χ1) is 8.84. The van der Waals surface area contributed by atoms with Crippen molar-refractivity contribution in [2.24, 2.45) is 11.8 Å². The molecular weight excluding hydrogens is 271 g/mol. The minimum Gasteiger partial charge on any atom is -0.388 e. The molecule has 1 aliphatic carbocycles. The van der Waals surface area contributed by atoms with Gasteiger partial charge in [0.25, 0.3) is 0 Å². The normalized spacial score (nSPS) is 25.4. The highest BCUT2D eigenvalue weighted by molar-refractivity contribution is 5.79. The molecule has 1 saturated carbocycles. The van der Waals surface area contributed by atoms with Crippen molar-refractivity contribution >= 4 is 5.91 Å². The lowest BCUT2D eigenvalue weighted by molar-refractivity contribution is -0.184. The molecule has 1 amide bonds. The Morgan fingerprint density at radius 2 is 1.50 bits per heavy atom. The molecule has 0 saturated heterocycles. The van der Waals surface area contributed by atoms with Gasteiger partial charge in [-0.05, 0) is 53.4 Å². The predicted octanol–water partition coefficient (Wildman–Crippen LogP) is 3.02. The summed E-state index contributed by atoms with van der Waals surface area (Å²) in [7, 11) is 0. The molecule has 0 spiro atoms. The van der Waals surface area contributed by atoms with Crippen LogP contribution in [0.15, 0.2) is 0 Å². The SMILES string of the molecule is CC(C)(O)C(C)(C)NC(=O)C1CCC(C(F)(F)F)CC1. The first-order valence-corrected chi connectivity index (χ1v) is 6.96. The lowest BCUT2D eigenvalue weighted by atomic mass is 9.80. The van der Waals surface area contributed by atoms with E-state index in [1.165, 1.54) is 0 Å². The molecule has 2 N–H and O–H groups in total. The Kier molecular flexibility index (Phi) is 4.79. The minimum atomic E-state index is -4.16. The summed E-state index contributed by atoms with van der Waals surface area (Å²) in [6.45, 7) is 6.58. The van der Waals surface area contributed by atoms with Gasteiger partial charge in [0.15, 0.2) is 0 Å². The Balaban J connectivity index is 2.56. The maximum absolute atomic E-state index is 12.6. The van der Waals surface area contributed by atoms with Crippen LogP contribution in [0.5, 0.6) is 0 Å². The Morgan fingerprint density at radius 1 is 1.05 bits per heavy atom. The predicted molar refractivity (Wildman–Crippen MR) is 70.0 cm³/mol. The van der Waals surface area contributed by atoms with Crippen LogP contribution in [0.4, 0.5) is 13.2 Å². The molecule has 0 aromatic heterocycles. The molecule has 0 heterocycles. The summed E-state index contributed by atoms with van der Waals surface area (Å²) in [6.07, 6.45) is -3.65. The second-order valence-corrected chi connectivity index (χ2v) is 6.76. The van der Waals surface area contributed by atoms with E-state index in [-0.39, 0.29) is 31.6 Å². The van der Waals surface area contributed by atoms with Gasteiger partial charge in [-0.3, -0.25) is 4.79 Å². The molecule has 0 bridgehead atoms. The smallest absolute Gasteiger partial charge is 0.388 e. The van der Waals surface area contributed by atoms with Crippen LogP contribution < -0.4 is 5.32 Å². The summed E-state index contributed by atoms with van der Waals surface area (Å²) in [4.78, 5) is 12.1. The fraction of sp³-hybridized carbons (Fsp3) is 0.929. The summed E-state index contributed by atoms with van der Waals surface area (Å²) < 4.78 is 37.7. The average molecular weight is 295 g/mol. The van der Waals surface area contributed by atoms with Crippen molar-refractivity contribution in [3.8, 4) is 0 Å². The topological polar surface area (TPSA) is 49.3 Å². The standard InChI is InChI=1S/C14H24F3NO2/c1-12(2,13(3,4)20)18-11(19)9-5-7-10(8-6-9)14(15,16)17/h9-10,20H,5-8H2,1-4H3,(H,18,19). The number of aliphatic hydroxyl groups is 1. The number of hydrogen-bond donors (Lipinski definition) is 2. The van der Waals surface area contributed by atoms with Crippen LogP contribution in [0.25, 0.3) is 0 Å². The van der Waals surface area contributed by atoms with Gasteiger partial charge in [-0.1, -0.05) is 0 Å². The summed E-state index contributed by atoms with van der Waals surface area (Å²) in [5, 5.41) is 12.7. The first kappa shape index (κ1) is 17.3. The van der Waals surface area contributed by atoms with E-state index >= 15 is 0 Å². The maximum atomic E-state index is 12.6. The lowest BCUT2D eigenvalue weighted by Crippen LogP contribution is -2.59. The number of halogens is 3. The Hall–Kier alpha value is -0.780. The molecule has 0 unspecified atom stereocenters. The third-order valence-corrected chi connectivity index (χ3v) is 4.53. The fourth-order valence-electron chi connectivity index (χ4n) is 2.25. The zero-order valence-electron chi connectivity index (χ0n) is 12.5. The number of nitrogens with one attached hydrogen (secondary N) is 1. The van der Waals surface area contributed by atoms with Gasteiger partial charge in [0.05, 0.1) is 17.1 Å². The van der Waals surface area contributed by atoms with Crippen molar-refractivity contribution in [1.29, 1.82) is 0 Å². The molecule has 1 rings (SSSR count). The monoisotopic (exact) mass is 295 g/mol. The first-order valence-electron chi connectivity index (χ1n) is 6.96. The van der Waals surface area contributed by atoms with Gasteiger partial charge in [-0.15, -0.1) is 0 Å². The van der Waals surface area contributed by atoms with E-state index in [4.69, 9.17) is 0 Å². The lowest BCUT2D eigenvalue weighted by Gasteiger charge is -2.39. The van der Waals surface area contributed by atoms with Crippen molar-refractivity contribution in [2.75, 3.05) is 0 Å². The van der Waals surface area contributed by atoms with E-state index in [1.807, 2.05) is 0 Å². The third-order valence-electron chi connectivity index (χ3n) is 4.53. The maximum Gasteiger partial charge on any atom is 0.391 e. The molecule has 6 heteroatoms. The molecule has 1 fully saturated rings. The van der Waals surface area contributed by atoms with Crippen LogP contribution in [0, 0.1) is 11.8 Å². The van der Waals surface area contributed by atoms with Crippen molar-refractivity contribution < 1.29 is 23.1 Å². The Bertz CT molecular complexity index is 350. The van der Waals surface area contributed by atoms with E-state index in [1.54, 1.807) is 27.7 Å². The largest absolute Gasteiger partial charge is 0.391 e. The van der Waals surface area contributed by atoms with Gasteiger partial charge >= 0.3 is 6.18 Å². The number of carbonyl (C=O) groups is 1. The van der Waals surface area contributed by atoms with E-state index in [2.05, 4.69) is 5.32 Å². The summed E-state index contributed by atoms with van der Waals surface area (Å²) in [5.74, 6) is -1.94. The third kappa shape index (κ3) is 4.11. The second-order valence-electron chi connectivity index (χ2n) is 6.76. The van der Waals surface area contributed by atoms with Gasteiger partial charge in [-0.2, -0.15) is 13.2 Å². The molecule has 0 aromatic rings. The van der Waals surface area contributed by atoms with Crippen LogP contribution in [0.3, 0.4) is 0 Å². The van der Waals surface area contributed by atoms with Crippen molar-refractivity contribution in [3.63, 3.8) is 0 Å².